The number of amides is 1. The van der Waals surface area contributed by atoms with Gasteiger partial charge in [-0.2, -0.15) is 24.9 Å². The van der Waals surface area contributed by atoms with Gasteiger partial charge in [-0.15, -0.1) is 0 Å². The molecule has 1 rings (SSSR count). The molecule has 0 bridgehead atoms. The third-order valence-electron chi connectivity index (χ3n) is 3.22. The molecule has 0 aliphatic rings. The molecule has 0 spiro atoms. The van der Waals surface area contributed by atoms with Crippen LogP contribution < -0.4 is 0 Å². The Balaban J connectivity index is 3.11. The summed E-state index contributed by atoms with van der Waals surface area (Å²) in [5.74, 6) is -1.04. The van der Waals surface area contributed by atoms with Crippen molar-refractivity contribution in [3.05, 3.63) is 35.1 Å². The molecule has 118 valence electrons. The third kappa shape index (κ3) is 4.36. The molecule has 0 fully saturated rings. The first-order valence-electron chi connectivity index (χ1n) is 6.35. The highest BCUT2D eigenvalue weighted by molar-refractivity contribution is 7.98. The first kappa shape index (κ1) is 17.8. The summed E-state index contributed by atoms with van der Waals surface area (Å²) in [5.41, 5.74) is -1.58. The van der Waals surface area contributed by atoms with Gasteiger partial charge in [0.2, 0.25) is 0 Å². The third-order valence-corrected chi connectivity index (χ3v) is 3.94. The zero-order valence-electron chi connectivity index (χ0n) is 12.0. The molecule has 2 nitrogen and oxygen atoms in total. The van der Waals surface area contributed by atoms with E-state index in [9.17, 15) is 22.4 Å². The number of rotatable bonds is 5. The van der Waals surface area contributed by atoms with Crippen molar-refractivity contribution in [1.82, 2.24) is 4.90 Å². The van der Waals surface area contributed by atoms with Gasteiger partial charge in [-0.25, -0.2) is 4.39 Å². The van der Waals surface area contributed by atoms with Gasteiger partial charge in [0.15, 0.2) is 0 Å². The molecular formula is C14H17F4NOS. The first-order valence-corrected chi connectivity index (χ1v) is 7.74. The minimum absolute atomic E-state index is 0.151. The number of alkyl halides is 3. The summed E-state index contributed by atoms with van der Waals surface area (Å²) in [6, 6.07) is 1.73. The highest BCUT2D eigenvalue weighted by atomic mass is 32.2. The minimum atomic E-state index is -4.61. The van der Waals surface area contributed by atoms with Gasteiger partial charge in [0.05, 0.1) is 11.1 Å². The second-order valence-corrected chi connectivity index (χ2v) is 5.54. The standard InChI is InChI=1S/C14H17F4NOS/c1-4-10(8-21-3)19(2)13(20)11-7-9(14(16,17)18)5-6-12(11)15/h5-7,10H,4,8H2,1-3H3. The van der Waals surface area contributed by atoms with Gasteiger partial charge < -0.3 is 4.90 Å². The van der Waals surface area contributed by atoms with Crippen molar-refractivity contribution in [2.45, 2.75) is 25.6 Å². The average Bonchev–Trinajstić information content (AvgIpc) is 2.42. The predicted octanol–water partition coefficient (Wildman–Crippen LogP) is 4.06. The molecule has 1 aromatic carbocycles. The van der Waals surface area contributed by atoms with Gasteiger partial charge in [-0.1, -0.05) is 6.92 Å². The summed E-state index contributed by atoms with van der Waals surface area (Å²) in [4.78, 5) is 13.5. The molecule has 0 aliphatic heterocycles. The first-order chi connectivity index (χ1) is 9.72. The van der Waals surface area contributed by atoms with Crippen molar-refractivity contribution in [2.75, 3.05) is 19.1 Å². The van der Waals surface area contributed by atoms with Gasteiger partial charge >= 0.3 is 6.18 Å². The molecule has 1 amide bonds. The van der Waals surface area contributed by atoms with E-state index >= 15 is 0 Å². The lowest BCUT2D eigenvalue weighted by molar-refractivity contribution is -0.137. The molecule has 1 atom stereocenters. The van der Waals surface area contributed by atoms with Crippen LogP contribution in [-0.4, -0.2) is 35.9 Å². The Morgan fingerprint density at radius 1 is 1.38 bits per heavy atom. The molecule has 0 N–H and O–H groups in total. The molecule has 0 saturated heterocycles. The summed E-state index contributed by atoms with van der Waals surface area (Å²) < 4.78 is 51.7. The van der Waals surface area contributed by atoms with Crippen LogP contribution in [0.25, 0.3) is 0 Å². The van der Waals surface area contributed by atoms with E-state index in [1.54, 1.807) is 0 Å². The fourth-order valence-corrected chi connectivity index (χ4v) is 2.76. The molecular weight excluding hydrogens is 306 g/mol. The van der Waals surface area contributed by atoms with Gasteiger partial charge in [0.1, 0.15) is 5.82 Å². The SMILES string of the molecule is CCC(CSC)N(C)C(=O)c1cc(C(F)(F)F)ccc1F. The number of hydrogen-bond acceptors (Lipinski definition) is 2. The molecule has 0 radical (unpaired) electrons. The maximum absolute atomic E-state index is 13.7. The highest BCUT2D eigenvalue weighted by Gasteiger charge is 2.32. The largest absolute Gasteiger partial charge is 0.416 e. The summed E-state index contributed by atoms with van der Waals surface area (Å²) in [6.45, 7) is 1.87. The van der Waals surface area contributed by atoms with E-state index in [2.05, 4.69) is 0 Å². The maximum Gasteiger partial charge on any atom is 0.416 e. The summed E-state index contributed by atoms with van der Waals surface area (Å²) in [6.07, 6.45) is -2.10. The second-order valence-electron chi connectivity index (χ2n) is 4.63. The number of carbonyl (C=O) groups excluding carboxylic acids is 1. The molecule has 0 aliphatic carbocycles. The van der Waals surface area contributed by atoms with Crippen molar-refractivity contribution in [3.63, 3.8) is 0 Å². The summed E-state index contributed by atoms with van der Waals surface area (Å²) in [7, 11) is 1.48. The zero-order valence-corrected chi connectivity index (χ0v) is 12.8. The van der Waals surface area contributed by atoms with E-state index in [4.69, 9.17) is 0 Å². The van der Waals surface area contributed by atoms with E-state index in [-0.39, 0.29) is 6.04 Å². The Morgan fingerprint density at radius 2 is 2.00 bits per heavy atom. The number of benzene rings is 1. The fourth-order valence-electron chi connectivity index (χ4n) is 1.92. The van der Waals surface area contributed by atoms with E-state index in [1.807, 2.05) is 13.2 Å². The van der Waals surface area contributed by atoms with Gasteiger partial charge in [-0.3, -0.25) is 4.79 Å². The normalized spacial score (nSPS) is 13.1. The number of nitrogens with zero attached hydrogens (tertiary/aromatic N) is 1. The monoisotopic (exact) mass is 323 g/mol. The van der Waals surface area contributed by atoms with Crippen molar-refractivity contribution < 1.29 is 22.4 Å². The minimum Gasteiger partial charge on any atom is -0.338 e. The van der Waals surface area contributed by atoms with Crippen LogP contribution in [0.4, 0.5) is 17.6 Å². The summed E-state index contributed by atoms with van der Waals surface area (Å²) in [5, 5.41) is 0. The molecule has 7 heteroatoms. The van der Waals surface area contributed by atoms with Crippen molar-refractivity contribution in [2.24, 2.45) is 0 Å². The molecule has 1 unspecified atom stereocenters. The lowest BCUT2D eigenvalue weighted by atomic mass is 10.1. The van der Waals surface area contributed by atoms with E-state index in [0.29, 0.717) is 30.4 Å². The summed E-state index contributed by atoms with van der Waals surface area (Å²) >= 11 is 1.52. The van der Waals surface area contributed by atoms with Crippen LogP contribution in [0.15, 0.2) is 18.2 Å². The number of thioether (sulfide) groups is 1. The molecule has 0 heterocycles. The van der Waals surface area contributed by atoms with Crippen LogP contribution in [0, 0.1) is 5.82 Å². The second kappa shape index (κ2) is 7.15. The van der Waals surface area contributed by atoms with E-state index in [0.717, 1.165) is 0 Å². The number of carbonyl (C=O) groups is 1. The van der Waals surface area contributed by atoms with Crippen LogP contribution >= 0.6 is 11.8 Å². The average molecular weight is 323 g/mol. The smallest absolute Gasteiger partial charge is 0.338 e. The molecule has 0 aromatic heterocycles. The Hall–Kier alpha value is -1.24. The topological polar surface area (TPSA) is 20.3 Å². The van der Waals surface area contributed by atoms with Gasteiger partial charge in [-0.05, 0) is 30.9 Å². The van der Waals surface area contributed by atoms with Gasteiger partial charge in [0.25, 0.3) is 5.91 Å². The maximum atomic E-state index is 13.7. The molecule has 1 aromatic rings. The Kier molecular flexibility index (Phi) is 6.07. The highest BCUT2D eigenvalue weighted by Crippen LogP contribution is 2.30. The lowest BCUT2D eigenvalue weighted by Crippen LogP contribution is -2.38. The van der Waals surface area contributed by atoms with Gasteiger partial charge in [0, 0.05) is 18.8 Å². The van der Waals surface area contributed by atoms with E-state index in [1.165, 1.54) is 23.7 Å². The van der Waals surface area contributed by atoms with Crippen LogP contribution in [0.3, 0.4) is 0 Å². The quantitative estimate of drug-likeness (QED) is 0.762. The zero-order chi connectivity index (χ0) is 16.2. The molecule has 21 heavy (non-hydrogen) atoms. The van der Waals surface area contributed by atoms with Crippen LogP contribution in [0.5, 0.6) is 0 Å². The van der Waals surface area contributed by atoms with E-state index < -0.39 is 29.0 Å². The Bertz CT molecular complexity index is 504. The molecule has 0 saturated carbocycles. The predicted molar refractivity (Wildman–Crippen MR) is 76.0 cm³/mol. The number of hydrogen-bond donors (Lipinski definition) is 0. The van der Waals surface area contributed by atoms with Crippen LogP contribution in [-0.2, 0) is 6.18 Å². The van der Waals surface area contributed by atoms with Crippen molar-refractivity contribution >= 4 is 17.7 Å². The van der Waals surface area contributed by atoms with Crippen LogP contribution in [0.1, 0.15) is 29.3 Å². The Morgan fingerprint density at radius 3 is 2.48 bits per heavy atom. The van der Waals surface area contributed by atoms with Crippen molar-refractivity contribution in [1.29, 1.82) is 0 Å². The fraction of sp³-hybridized carbons (Fsp3) is 0.500. The van der Waals surface area contributed by atoms with Crippen molar-refractivity contribution in [3.8, 4) is 0 Å². The Labute approximate surface area is 125 Å². The lowest BCUT2D eigenvalue weighted by Gasteiger charge is -2.27. The number of halogens is 4. The van der Waals surface area contributed by atoms with Crippen LogP contribution in [0.2, 0.25) is 0 Å².